The molecule has 0 bridgehead atoms. The summed E-state index contributed by atoms with van der Waals surface area (Å²) in [5, 5.41) is 28.3. The van der Waals surface area contributed by atoms with E-state index in [9.17, 15) is 9.90 Å². The van der Waals surface area contributed by atoms with Crippen molar-refractivity contribution in [2.75, 3.05) is 0 Å². The number of rotatable bonds is 8. The van der Waals surface area contributed by atoms with E-state index in [4.69, 9.17) is 10.1 Å². The van der Waals surface area contributed by atoms with Crippen LogP contribution in [0.25, 0.3) is 33.9 Å². The predicted molar refractivity (Wildman–Crippen MR) is 135 cm³/mol. The molecule has 0 saturated heterocycles. The summed E-state index contributed by atoms with van der Waals surface area (Å²) in [5.74, 6) is 1.57. The zero-order chi connectivity index (χ0) is 25.1. The average Bonchev–Trinajstić information content (AvgIpc) is 3.55. The van der Waals surface area contributed by atoms with Crippen molar-refractivity contribution in [3.8, 4) is 33.9 Å². The molecule has 9 nitrogen and oxygen atoms in total. The summed E-state index contributed by atoms with van der Waals surface area (Å²) in [4.78, 5) is 16.0. The van der Waals surface area contributed by atoms with Gasteiger partial charge < -0.3 is 5.11 Å². The van der Waals surface area contributed by atoms with Crippen LogP contribution >= 0.6 is 0 Å². The van der Waals surface area contributed by atoms with Gasteiger partial charge in [0, 0.05) is 17.5 Å². The Morgan fingerprint density at radius 1 is 0.944 bits per heavy atom. The van der Waals surface area contributed by atoms with Crippen molar-refractivity contribution in [3.63, 3.8) is 0 Å². The van der Waals surface area contributed by atoms with Crippen molar-refractivity contribution in [2.24, 2.45) is 5.92 Å². The molecule has 0 aliphatic rings. The standard InChI is InChI=1S/C27H25N7O2/c1-17(2)15-24-28-26(20-11-13-21(14-12-20)27(35)36)34(31-24)16-18-7-9-19(10-8-18)22-5-3-4-6-23(22)25-29-32-33-30-25/h3-14,17H,15-16H2,1-2H3,(H,35,36)(H,29,30,32,33). The number of aromatic carboxylic acids is 1. The molecule has 0 saturated carbocycles. The maximum atomic E-state index is 11.3. The van der Waals surface area contributed by atoms with Gasteiger partial charge in [0.05, 0.1) is 12.1 Å². The van der Waals surface area contributed by atoms with E-state index >= 15 is 0 Å². The molecule has 0 aliphatic carbocycles. The van der Waals surface area contributed by atoms with Crippen LogP contribution in [0.2, 0.25) is 0 Å². The molecule has 0 amide bonds. The molecule has 0 radical (unpaired) electrons. The molecule has 0 aliphatic heterocycles. The number of hydrogen-bond donors (Lipinski definition) is 2. The van der Waals surface area contributed by atoms with Gasteiger partial charge in [-0.3, -0.25) is 0 Å². The molecular weight excluding hydrogens is 454 g/mol. The van der Waals surface area contributed by atoms with E-state index in [1.54, 1.807) is 24.3 Å². The Hall–Kier alpha value is -4.66. The minimum absolute atomic E-state index is 0.240. The maximum absolute atomic E-state index is 11.3. The van der Waals surface area contributed by atoms with Gasteiger partial charge in [0.2, 0.25) is 0 Å². The number of tetrazole rings is 1. The van der Waals surface area contributed by atoms with Crippen molar-refractivity contribution in [2.45, 2.75) is 26.8 Å². The monoisotopic (exact) mass is 479 g/mol. The van der Waals surface area contributed by atoms with E-state index in [0.717, 1.165) is 45.9 Å². The second-order valence-corrected chi connectivity index (χ2v) is 8.98. The Morgan fingerprint density at radius 2 is 1.64 bits per heavy atom. The number of aromatic nitrogens is 7. The van der Waals surface area contributed by atoms with Gasteiger partial charge in [-0.1, -0.05) is 74.5 Å². The second kappa shape index (κ2) is 9.91. The normalized spacial score (nSPS) is 11.2. The summed E-state index contributed by atoms with van der Waals surface area (Å²) >= 11 is 0. The molecule has 0 fully saturated rings. The number of nitrogens with zero attached hydrogens (tertiary/aromatic N) is 6. The van der Waals surface area contributed by atoms with Crippen molar-refractivity contribution < 1.29 is 9.90 Å². The lowest BCUT2D eigenvalue weighted by atomic mass is 9.98. The summed E-state index contributed by atoms with van der Waals surface area (Å²) in [6.45, 7) is 4.80. The highest BCUT2D eigenvalue weighted by Gasteiger charge is 2.15. The van der Waals surface area contributed by atoms with Gasteiger partial charge in [-0.15, -0.1) is 5.10 Å². The summed E-state index contributed by atoms with van der Waals surface area (Å²) in [5.41, 5.74) is 5.15. The number of H-pyrrole nitrogens is 1. The fourth-order valence-corrected chi connectivity index (χ4v) is 4.10. The van der Waals surface area contributed by atoms with E-state index in [0.29, 0.717) is 18.3 Å². The van der Waals surface area contributed by atoms with Gasteiger partial charge in [-0.25, -0.2) is 19.6 Å². The van der Waals surface area contributed by atoms with E-state index in [1.807, 2.05) is 28.9 Å². The van der Waals surface area contributed by atoms with Crippen molar-refractivity contribution >= 4 is 5.97 Å². The largest absolute Gasteiger partial charge is 0.478 e. The number of carboxylic acid groups (broad SMARTS) is 1. The van der Waals surface area contributed by atoms with E-state index in [2.05, 4.69) is 58.7 Å². The third-order valence-electron chi connectivity index (χ3n) is 5.82. The van der Waals surface area contributed by atoms with Crippen LogP contribution in [0.3, 0.4) is 0 Å². The third kappa shape index (κ3) is 4.90. The van der Waals surface area contributed by atoms with Crippen LogP contribution in [-0.4, -0.2) is 46.5 Å². The Labute approximate surface area is 207 Å². The lowest BCUT2D eigenvalue weighted by molar-refractivity contribution is 0.0697. The Bertz CT molecular complexity index is 1470. The third-order valence-corrected chi connectivity index (χ3v) is 5.82. The van der Waals surface area contributed by atoms with Crippen molar-refractivity contribution in [3.05, 3.63) is 89.7 Å². The fraction of sp³-hybridized carbons (Fsp3) is 0.185. The van der Waals surface area contributed by atoms with Crippen LogP contribution in [0, 0.1) is 5.92 Å². The molecule has 2 heterocycles. The molecule has 0 spiro atoms. The maximum Gasteiger partial charge on any atom is 0.335 e. The smallest absolute Gasteiger partial charge is 0.335 e. The molecule has 3 aromatic carbocycles. The van der Waals surface area contributed by atoms with Crippen LogP contribution < -0.4 is 0 Å². The fourth-order valence-electron chi connectivity index (χ4n) is 4.10. The van der Waals surface area contributed by atoms with Crippen LogP contribution in [0.5, 0.6) is 0 Å². The minimum atomic E-state index is -0.954. The zero-order valence-corrected chi connectivity index (χ0v) is 20.0. The summed E-state index contributed by atoms with van der Waals surface area (Å²) in [6.07, 6.45) is 0.763. The topological polar surface area (TPSA) is 122 Å². The van der Waals surface area contributed by atoms with Crippen molar-refractivity contribution in [1.82, 2.24) is 35.4 Å². The number of nitrogens with one attached hydrogen (secondary N) is 1. The first-order valence-corrected chi connectivity index (χ1v) is 11.7. The van der Waals surface area contributed by atoms with E-state index in [-0.39, 0.29) is 5.56 Å². The van der Waals surface area contributed by atoms with Gasteiger partial charge in [0.25, 0.3) is 0 Å². The first-order chi connectivity index (χ1) is 17.5. The Balaban J connectivity index is 1.44. The average molecular weight is 480 g/mol. The zero-order valence-electron chi connectivity index (χ0n) is 20.0. The Morgan fingerprint density at radius 3 is 2.28 bits per heavy atom. The van der Waals surface area contributed by atoms with Crippen LogP contribution in [0.15, 0.2) is 72.8 Å². The quantitative estimate of drug-likeness (QED) is 0.330. The van der Waals surface area contributed by atoms with E-state index < -0.39 is 5.97 Å². The molecule has 2 aromatic heterocycles. The molecule has 0 unspecified atom stereocenters. The van der Waals surface area contributed by atoms with Crippen molar-refractivity contribution in [1.29, 1.82) is 0 Å². The van der Waals surface area contributed by atoms with Crippen LogP contribution in [-0.2, 0) is 13.0 Å². The molecule has 180 valence electrons. The lowest BCUT2D eigenvalue weighted by Gasteiger charge is -2.10. The highest BCUT2D eigenvalue weighted by molar-refractivity contribution is 5.88. The first kappa shape index (κ1) is 23.1. The molecule has 9 heteroatoms. The molecule has 2 N–H and O–H groups in total. The first-order valence-electron chi connectivity index (χ1n) is 11.7. The predicted octanol–water partition coefficient (Wildman–Crippen LogP) is 4.74. The highest BCUT2D eigenvalue weighted by atomic mass is 16.4. The molecule has 5 aromatic rings. The lowest BCUT2D eigenvalue weighted by Crippen LogP contribution is -2.05. The number of hydrogen-bond acceptors (Lipinski definition) is 6. The van der Waals surface area contributed by atoms with E-state index in [1.165, 1.54) is 0 Å². The summed E-state index contributed by atoms with van der Waals surface area (Å²) in [6, 6.07) is 23.0. The van der Waals surface area contributed by atoms with Gasteiger partial charge >= 0.3 is 5.97 Å². The SMILES string of the molecule is CC(C)Cc1nc(-c2ccc(C(=O)O)cc2)n(Cc2ccc(-c3ccccc3-c3nnn[nH]3)cc2)n1. The molecule has 36 heavy (non-hydrogen) atoms. The van der Waals surface area contributed by atoms with Gasteiger partial charge in [-0.05, 0) is 45.2 Å². The van der Waals surface area contributed by atoms with Crippen LogP contribution in [0.4, 0.5) is 0 Å². The molecule has 0 atom stereocenters. The number of carbonyl (C=O) groups is 1. The second-order valence-electron chi connectivity index (χ2n) is 8.98. The van der Waals surface area contributed by atoms with Crippen LogP contribution in [0.1, 0.15) is 35.6 Å². The number of carboxylic acids is 1. The molecular formula is C27H25N7O2. The summed E-state index contributed by atoms with van der Waals surface area (Å²) < 4.78 is 1.89. The number of benzene rings is 3. The number of aromatic amines is 1. The van der Waals surface area contributed by atoms with Gasteiger partial charge in [-0.2, -0.15) is 5.10 Å². The summed E-state index contributed by atoms with van der Waals surface area (Å²) in [7, 11) is 0. The minimum Gasteiger partial charge on any atom is -0.478 e. The van der Waals surface area contributed by atoms with Gasteiger partial charge in [0.15, 0.2) is 17.5 Å². The Kier molecular flexibility index (Phi) is 6.36. The van der Waals surface area contributed by atoms with Gasteiger partial charge in [0.1, 0.15) is 0 Å². The highest BCUT2D eigenvalue weighted by Crippen LogP contribution is 2.30. The molecule has 5 rings (SSSR count).